The summed E-state index contributed by atoms with van der Waals surface area (Å²) >= 11 is 3.15. The van der Waals surface area contributed by atoms with Crippen molar-refractivity contribution in [3.63, 3.8) is 0 Å². The lowest BCUT2D eigenvalue weighted by Gasteiger charge is -2.23. The van der Waals surface area contributed by atoms with Crippen LogP contribution in [0.2, 0.25) is 0 Å². The minimum atomic E-state index is -0.149. The van der Waals surface area contributed by atoms with Crippen molar-refractivity contribution in [2.75, 3.05) is 44.8 Å². The van der Waals surface area contributed by atoms with E-state index in [-0.39, 0.29) is 5.56 Å². The lowest BCUT2D eigenvalue weighted by atomic mass is 10.2. The summed E-state index contributed by atoms with van der Waals surface area (Å²) < 4.78 is 30.4. The maximum absolute atomic E-state index is 6.24. The third kappa shape index (κ3) is 4.38. The van der Waals surface area contributed by atoms with Crippen LogP contribution in [0, 0.1) is 0 Å². The summed E-state index contributed by atoms with van der Waals surface area (Å²) in [6.45, 7) is 2.07. The van der Waals surface area contributed by atoms with Gasteiger partial charge in [0.1, 0.15) is 29.4 Å². The number of nitrogens with zero attached hydrogens (tertiary/aromatic N) is 4. The zero-order chi connectivity index (χ0) is 24.6. The minimum Gasteiger partial charge on any atom is -0.496 e. The molecule has 5 heterocycles. The van der Waals surface area contributed by atoms with E-state index in [2.05, 4.69) is 20.7 Å². The van der Waals surface area contributed by atoms with Crippen LogP contribution in [-0.4, -0.2) is 60.7 Å². The van der Waals surface area contributed by atoms with E-state index in [4.69, 9.17) is 28.3 Å². The van der Waals surface area contributed by atoms with Gasteiger partial charge in [0, 0.05) is 38.3 Å². The number of fused-ring (bicyclic) bond motifs is 2. The van der Waals surface area contributed by atoms with Gasteiger partial charge in [-0.2, -0.15) is 0 Å². The van der Waals surface area contributed by atoms with E-state index in [9.17, 15) is 0 Å². The predicted octanol–water partition coefficient (Wildman–Crippen LogP) is 4.53. The maximum Gasteiger partial charge on any atom is 0.196 e. The molecule has 190 valence electrons. The van der Waals surface area contributed by atoms with Gasteiger partial charge in [-0.15, -0.1) is 11.3 Å². The first-order chi connectivity index (χ1) is 17.6. The summed E-state index contributed by atoms with van der Waals surface area (Å²) in [6.07, 6.45) is 4.18. The van der Waals surface area contributed by atoms with Gasteiger partial charge in [-0.3, -0.25) is 5.43 Å². The maximum atomic E-state index is 6.24. The highest BCUT2D eigenvalue weighted by Gasteiger charge is 2.27. The Morgan fingerprint density at radius 2 is 2.11 bits per heavy atom. The van der Waals surface area contributed by atoms with Gasteiger partial charge in [-0.05, 0) is 30.7 Å². The fraction of sp³-hybridized carbons (Fsp3) is 0.417. The average molecular weight is 530 g/mol. The van der Waals surface area contributed by atoms with Crippen LogP contribution >= 0.6 is 23.1 Å². The summed E-state index contributed by atoms with van der Waals surface area (Å²) in [5.41, 5.74) is 5.33. The molecule has 2 unspecified atom stereocenters. The van der Waals surface area contributed by atoms with E-state index < -0.39 is 0 Å². The van der Waals surface area contributed by atoms with Gasteiger partial charge in [0.15, 0.2) is 21.6 Å². The molecule has 0 amide bonds. The number of thiazole rings is 1. The van der Waals surface area contributed by atoms with E-state index in [1.54, 1.807) is 32.7 Å². The Hall–Kier alpha value is -2.93. The lowest BCUT2D eigenvalue weighted by molar-refractivity contribution is 0.181. The van der Waals surface area contributed by atoms with Crippen molar-refractivity contribution < 1.29 is 23.4 Å². The number of thioether (sulfide) groups is 1. The fourth-order valence-corrected chi connectivity index (χ4v) is 6.27. The Morgan fingerprint density at radius 3 is 2.92 bits per heavy atom. The third-order valence-electron chi connectivity index (χ3n) is 6.30. The minimum absolute atomic E-state index is 0.149. The third-order valence-corrected chi connectivity index (χ3v) is 8.24. The highest BCUT2D eigenvalue weighted by Crippen LogP contribution is 2.39. The highest BCUT2D eigenvalue weighted by atomic mass is 32.2. The average Bonchev–Trinajstić information content (AvgIpc) is 3.69. The molecular weight excluding hydrogens is 502 g/mol. The molecule has 2 atom stereocenters. The molecule has 0 saturated carbocycles. The molecule has 10 nitrogen and oxygen atoms in total. The van der Waals surface area contributed by atoms with E-state index in [0.717, 1.165) is 53.1 Å². The second-order valence-electron chi connectivity index (χ2n) is 8.60. The molecule has 2 aliphatic rings. The van der Waals surface area contributed by atoms with Gasteiger partial charge < -0.3 is 28.3 Å². The normalized spacial score (nSPS) is 19.1. The molecule has 1 fully saturated rings. The van der Waals surface area contributed by atoms with Crippen LogP contribution in [0.1, 0.15) is 18.5 Å². The molecule has 4 aromatic rings. The van der Waals surface area contributed by atoms with E-state index in [0.29, 0.717) is 35.5 Å². The smallest absolute Gasteiger partial charge is 0.196 e. The number of furan rings is 1. The molecule has 1 aromatic carbocycles. The monoisotopic (exact) mass is 529 g/mol. The number of nitrogens with one attached hydrogen (secondary N) is 1. The molecule has 3 aromatic heterocycles. The molecule has 0 aliphatic carbocycles. The molecule has 0 spiro atoms. The molecule has 0 bridgehead atoms. The fourth-order valence-electron chi connectivity index (χ4n) is 4.54. The molecule has 6 rings (SSSR count). The second-order valence-corrected chi connectivity index (χ2v) is 10.5. The van der Waals surface area contributed by atoms with Gasteiger partial charge in [-0.25, -0.2) is 14.6 Å². The Bertz CT molecular complexity index is 1340. The molecular formula is C24H27N5O5S2. The lowest BCUT2D eigenvalue weighted by Crippen LogP contribution is -2.32. The second kappa shape index (κ2) is 9.85. The first kappa shape index (κ1) is 23.5. The van der Waals surface area contributed by atoms with Crippen LogP contribution < -0.4 is 19.8 Å². The predicted molar refractivity (Wildman–Crippen MR) is 139 cm³/mol. The van der Waals surface area contributed by atoms with E-state index in [1.807, 2.05) is 29.1 Å². The van der Waals surface area contributed by atoms with Crippen LogP contribution in [0.15, 0.2) is 39.3 Å². The van der Waals surface area contributed by atoms with Crippen LogP contribution in [0.5, 0.6) is 11.5 Å². The Balaban J connectivity index is 1.22. The van der Waals surface area contributed by atoms with Gasteiger partial charge in [0.2, 0.25) is 0 Å². The van der Waals surface area contributed by atoms with Gasteiger partial charge in [0.25, 0.3) is 0 Å². The van der Waals surface area contributed by atoms with Crippen molar-refractivity contribution >= 4 is 39.2 Å². The molecule has 12 heteroatoms. The SMILES string of the molecule is COCC1CCCN1c1nc(COc2cc(OC)cc3oc(-c4cn5c(n4)SC(OC)N5)cc23)cs1. The number of methoxy groups -OCH3 is 3. The van der Waals surface area contributed by atoms with Crippen LogP contribution in [0.3, 0.4) is 0 Å². The highest BCUT2D eigenvalue weighted by molar-refractivity contribution is 7.99. The van der Waals surface area contributed by atoms with Crippen molar-refractivity contribution in [3.05, 3.63) is 35.5 Å². The molecule has 2 aliphatic heterocycles. The molecule has 0 radical (unpaired) electrons. The van der Waals surface area contributed by atoms with Crippen LogP contribution in [0.25, 0.3) is 22.4 Å². The standard InChI is InChI=1S/C24H27N5O5S2/c1-30-12-15-5-4-6-28(15)22-25-14(13-35-22)11-33-19-7-16(31-2)8-20-17(19)9-21(34-20)18-10-29-23(26-18)36-24(27-29)32-3/h7-10,13,15,24,27H,4-6,11-12H2,1-3H3. The van der Waals surface area contributed by atoms with Crippen LogP contribution in [0.4, 0.5) is 5.13 Å². The number of ether oxygens (including phenoxy) is 4. The number of benzene rings is 1. The summed E-state index contributed by atoms with van der Waals surface area (Å²) in [5, 5.41) is 4.74. The van der Waals surface area contributed by atoms with Crippen molar-refractivity contribution in [1.82, 2.24) is 14.6 Å². The van der Waals surface area contributed by atoms with Gasteiger partial charge in [-0.1, -0.05) is 0 Å². The number of imidazole rings is 1. The van der Waals surface area contributed by atoms with Crippen molar-refractivity contribution in [2.45, 2.75) is 36.2 Å². The number of aromatic nitrogens is 3. The summed E-state index contributed by atoms with van der Waals surface area (Å²) in [7, 11) is 5.03. The first-order valence-corrected chi connectivity index (χ1v) is 13.4. The molecule has 1 saturated heterocycles. The number of hydrogen-bond acceptors (Lipinski definition) is 11. The largest absolute Gasteiger partial charge is 0.496 e. The van der Waals surface area contributed by atoms with Gasteiger partial charge >= 0.3 is 0 Å². The van der Waals surface area contributed by atoms with E-state index >= 15 is 0 Å². The topological polar surface area (TPSA) is 96.0 Å². The Morgan fingerprint density at radius 1 is 1.19 bits per heavy atom. The first-order valence-electron chi connectivity index (χ1n) is 11.6. The zero-order valence-corrected chi connectivity index (χ0v) is 21.9. The summed E-state index contributed by atoms with van der Waals surface area (Å²) in [6, 6.07) is 6.06. The molecule has 1 N–H and O–H groups in total. The molecule has 36 heavy (non-hydrogen) atoms. The number of anilines is 1. The van der Waals surface area contributed by atoms with E-state index in [1.165, 1.54) is 11.8 Å². The van der Waals surface area contributed by atoms with Gasteiger partial charge in [0.05, 0.1) is 37.0 Å². The van der Waals surface area contributed by atoms with Crippen molar-refractivity contribution in [1.29, 1.82) is 0 Å². The quantitative estimate of drug-likeness (QED) is 0.333. The number of hydrogen-bond donors (Lipinski definition) is 1. The Kier molecular flexibility index (Phi) is 6.42. The summed E-state index contributed by atoms with van der Waals surface area (Å²) in [4.78, 5) is 11.9. The zero-order valence-electron chi connectivity index (χ0n) is 20.2. The number of rotatable bonds is 9. The van der Waals surface area contributed by atoms with Crippen LogP contribution in [-0.2, 0) is 16.1 Å². The summed E-state index contributed by atoms with van der Waals surface area (Å²) in [5.74, 6) is 1.98. The Labute approximate surface area is 216 Å². The van der Waals surface area contributed by atoms with Crippen molar-refractivity contribution in [2.24, 2.45) is 0 Å². The van der Waals surface area contributed by atoms with Crippen molar-refractivity contribution in [3.8, 4) is 23.0 Å².